The molecule has 1 aromatic rings. The maximum atomic E-state index is 12.2. The van der Waals surface area contributed by atoms with E-state index in [0.29, 0.717) is 18.0 Å². The molecule has 0 spiro atoms. The summed E-state index contributed by atoms with van der Waals surface area (Å²) in [6.45, 7) is 2.40. The summed E-state index contributed by atoms with van der Waals surface area (Å²) in [6.07, 6.45) is 3.65. The van der Waals surface area contributed by atoms with Gasteiger partial charge >= 0.3 is 0 Å². The highest BCUT2D eigenvalue weighted by atomic mass is 16.5. The van der Waals surface area contributed by atoms with Crippen molar-refractivity contribution in [3.63, 3.8) is 0 Å². The summed E-state index contributed by atoms with van der Waals surface area (Å²) in [5.41, 5.74) is 5.93. The van der Waals surface area contributed by atoms with Crippen molar-refractivity contribution in [2.24, 2.45) is 11.7 Å². The number of carbonyl (C=O) groups is 1. The summed E-state index contributed by atoms with van der Waals surface area (Å²) in [7, 11) is 1.61. The number of ether oxygens (including phenoxy) is 2. The van der Waals surface area contributed by atoms with Crippen LogP contribution in [0.15, 0.2) is 24.3 Å². The van der Waals surface area contributed by atoms with E-state index in [4.69, 9.17) is 15.2 Å². The minimum absolute atomic E-state index is 0.0437. The maximum Gasteiger partial charge on any atom is 0.223 e. The molecule has 5 nitrogen and oxygen atoms in total. The Kier molecular flexibility index (Phi) is 6.07. The van der Waals surface area contributed by atoms with Crippen LogP contribution in [0.3, 0.4) is 0 Å². The van der Waals surface area contributed by atoms with Crippen molar-refractivity contribution in [3.05, 3.63) is 24.3 Å². The summed E-state index contributed by atoms with van der Waals surface area (Å²) >= 11 is 0. The number of nitrogens with one attached hydrogen (secondary N) is 1. The zero-order valence-corrected chi connectivity index (χ0v) is 13.4. The predicted octanol–water partition coefficient (Wildman–Crippen LogP) is 2.10. The standard InChI is InChI=1S/C17H26N2O3/c1-12(22-16-9-4-3-8-15(16)21-2)11-19-17(20)13-6-5-7-14(18)10-13/h3-4,8-9,12-14H,5-7,10-11,18H2,1-2H3,(H,19,20). The van der Waals surface area contributed by atoms with Crippen molar-refractivity contribution in [3.8, 4) is 11.5 Å². The fraction of sp³-hybridized carbons (Fsp3) is 0.588. The second kappa shape index (κ2) is 8.03. The highest BCUT2D eigenvalue weighted by Gasteiger charge is 2.25. The van der Waals surface area contributed by atoms with Crippen LogP contribution in [0.5, 0.6) is 11.5 Å². The normalized spacial score (nSPS) is 22.7. The molecule has 0 heterocycles. The van der Waals surface area contributed by atoms with Crippen LogP contribution < -0.4 is 20.5 Å². The lowest BCUT2D eigenvalue weighted by atomic mass is 9.85. The van der Waals surface area contributed by atoms with E-state index in [1.807, 2.05) is 31.2 Å². The molecular formula is C17H26N2O3. The number of benzene rings is 1. The first-order chi connectivity index (χ1) is 10.6. The van der Waals surface area contributed by atoms with Crippen LogP contribution in [0.25, 0.3) is 0 Å². The second-order valence-electron chi connectivity index (χ2n) is 5.95. The number of amides is 1. The Morgan fingerprint density at radius 1 is 1.36 bits per heavy atom. The molecule has 1 fully saturated rings. The van der Waals surface area contributed by atoms with Gasteiger partial charge in [-0.15, -0.1) is 0 Å². The van der Waals surface area contributed by atoms with Gasteiger partial charge in [-0.25, -0.2) is 0 Å². The summed E-state index contributed by atoms with van der Waals surface area (Å²) < 4.78 is 11.1. The lowest BCUT2D eigenvalue weighted by Crippen LogP contribution is -2.41. The Bertz CT molecular complexity index is 493. The van der Waals surface area contributed by atoms with Crippen LogP contribution >= 0.6 is 0 Å². The summed E-state index contributed by atoms with van der Waals surface area (Å²) in [5.74, 6) is 1.51. The summed E-state index contributed by atoms with van der Waals surface area (Å²) in [5, 5.41) is 2.97. The van der Waals surface area contributed by atoms with Crippen LogP contribution in [0, 0.1) is 5.92 Å². The Labute approximate surface area is 132 Å². The monoisotopic (exact) mass is 306 g/mol. The number of hydrogen-bond acceptors (Lipinski definition) is 4. The van der Waals surface area contributed by atoms with Crippen molar-refractivity contribution in [2.45, 2.75) is 44.8 Å². The third-order valence-electron chi connectivity index (χ3n) is 4.05. The van der Waals surface area contributed by atoms with E-state index in [2.05, 4.69) is 5.32 Å². The molecule has 2 rings (SSSR count). The van der Waals surface area contributed by atoms with Gasteiger partial charge in [0, 0.05) is 12.0 Å². The smallest absolute Gasteiger partial charge is 0.223 e. The van der Waals surface area contributed by atoms with E-state index in [0.717, 1.165) is 25.7 Å². The zero-order valence-electron chi connectivity index (χ0n) is 13.4. The number of rotatable bonds is 6. The van der Waals surface area contributed by atoms with Gasteiger partial charge < -0.3 is 20.5 Å². The number of para-hydroxylation sites is 2. The minimum atomic E-state index is -0.127. The van der Waals surface area contributed by atoms with Gasteiger partial charge in [-0.05, 0) is 38.3 Å². The molecule has 0 aliphatic heterocycles. The largest absolute Gasteiger partial charge is 0.493 e. The predicted molar refractivity (Wildman–Crippen MR) is 86.0 cm³/mol. The first-order valence-corrected chi connectivity index (χ1v) is 7.93. The molecule has 22 heavy (non-hydrogen) atoms. The molecule has 0 saturated heterocycles. The van der Waals surface area contributed by atoms with Crippen LogP contribution in [0.2, 0.25) is 0 Å². The lowest BCUT2D eigenvalue weighted by Gasteiger charge is -2.26. The van der Waals surface area contributed by atoms with Gasteiger partial charge in [-0.3, -0.25) is 4.79 Å². The van der Waals surface area contributed by atoms with Crippen molar-refractivity contribution in [1.29, 1.82) is 0 Å². The first-order valence-electron chi connectivity index (χ1n) is 7.93. The van der Waals surface area contributed by atoms with E-state index in [9.17, 15) is 4.79 Å². The molecule has 0 bridgehead atoms. The van der Waals surface area contributed by atoms with Gasteiger partial charge in [0.25, 0.3) is 0 Å². The molecule has 122 valence electrons. The SMILES string of the molecule is COc1ccccc1OC(C)CNC(=O)C1CCCC(N)C1. The van der Waals surface area contributed by atoms with E-state index in [-0.39, 0.29) is 24.0 Å². The minimum Gasteiger partial charge on any atom is -0.493 e. The van der Waals surface area contributed by atoms with Crippen LogP contribution in [0.1, 0.15) is 32.6 Å². The number of methoxy groups -OCH3 is 1. The van der Waals surface area contributed by atoms with E-state index in [1.54, 1.807) is 7.11 Å². The Morgan fingerprint density at radius 3 is 2.77 bits per heavy atom. The first kappa shape index (κ1) is 16.6. The van der Waals surface area contributed by atoms with Gasteiger partial charge in [0.2, 0.25) is 5.91 Å². The number of nitrogens with two attached hydrogens (primary N) is 1. The van der Waals surface area contributed by atoms with Gasteiger partial charge in [-0.2, -0.15) is 0 Å². The topological polar surface area (TPSA) is 73.6 Å². The van der Waals surface area contributed by atoms with Gasteiger partial charge in [0.1, 0.15) is 6.10 Å². The van der Waals surface area contributed by atoms with Gasteiger partial charge in [0.05, 0.1) is 13.7 Å². The molecular weight excluding hydrogens is 280 g/mol. The average Bonchev–Trinajstić information content (AvgIpc) is 2.53. The lowest BCUT2D eigenvalue weighted by molar-refractivity contribution is -0.126. The Morgan fingerprint density at radius 2 is 2.09 bits per heavy atom. The molecule has 0 aromatic heterocycles. The van der Waals surface area contributed by atoms with Crippen LogP contribution in [-0.2, 0) is 4.79 Å². The van der Waals surface area contributed by atoms with E-state index < -0.39 is 0 Å². The van der Waals surface area contributed by atoms with Crippen LogP contribution in [0.4, 0.5) is 0 Å². The fourth-order valence-electron chi connectivity index (χ4n) is 2.83. The molecule has 1 aromatic carbocycles. The van der Waals surface area contributed by atoms with Gasteiger partial charge in [-0.1, -0.05) is 18.6 Å². The molecule has 3 unspecified atom stereocenters. The second-order valence-corrected chi connectivity index (χ2v) is 5.95. The third-order valence-corrected chi connectivity index (χ3v) is 4.05. The average molecular weight is 306 g/mol. The van der Waals surface area contributed by atoms with Gasteiger partial charge in [0.15, 0.2) is 11.5 Å². The number of carbonyl (C=O) groups excluding carboxylic acids is 1. The molecule has 0 radical (unpaired) electrons. The Hall–Kier alpha value is -1.75. The maximum absolute atomic E-state index is 12.2. The van der Waals surface area contributed by atoms with E-state index in [1.165, 1.54) is 0 Å². The number of hydrogen-bond donors (Lipinski definition) is 2. The van der Waals surface area contributed by atoms with Crippen molar-refractivity contribution in [1.82, 2.24) is 5.32 Å². The quantitative estimate of drug-likeness (QED) is 0.844. The molecule has 3 atom stereocenters. The van der Waals surface area contributed by atoms with Crippen LogP contribution in [-0.4, -0.2) is 31.7 Å². The highest BCUT2D eigenvalue weighted by molar-refractivity contribution is 5.78. The third kappa shape index (κ3) is 4.63. The van der Waals surface area contributed by atoms with Crippen molar-refractivity contribution < 1.29 is 14.3 Å². The zero-order chi connectivity index (χ0) is 15.9. The molecule has 1 saturated carbocycles. The molecule has 1 amide bonds. The molecule has 1 aliphatic rings. The summed E-state index contributed by atoms with van der Waals surface area (Å²) in [4.78, 5) is 12.2. The highest BCUT2D eigenvalue weighted by Crippen LogP contribution is 2.27. The molecule has 3 N–H and O–H groups in total. The Balaban J connectivity index is 1.79. The fourth-order valence-corrected chi connectivity index (χ4v) is 2.83. The summed E-state index contributed by atoms with van der Waals surface area (Å²) in [6, 6.07) is 7.66. The molecule has 5 heteroatoms. The molecule has 1 aliphatic carbocycles. The van der Waals surface area contributed by atoms with Crippen molar-refractivity contribution in [2.75, 3.05) is 13.7 Å². The van der Waals surface area contributed by atoms with E-state index >= 15 is 0 Å². The van der Waals surface area contributed by atoms with Crippen molar-refractivity contribution >= 4 is 5.91 Å².